The van der Waals surface area contributed by atoms with Gasteiger partial charge in [-0.05, 0) is 46.1 Å². The summed E-state index contributed by atoms with van der Waals surface area (Å²) in [7, 11) is 1.67. The molecule has 2 rings (SSSR count). The van der Waals surface area contributed by atoms with E-state index in [0.29, 0.717) is 5.92 Å². The van der Waals surface area contributed by atoms with E-state index >= 15 is 0 Å². The predicted molar refractivity (Wildman–Crippen MR) is 75.9 cm³/mol. The Balaban J connectivity index is 2.36. The average molecular weight is 312 g/mol. The molecule has 1 heterocycles. The number of hydrogen-bond donors (Lipinski definition) is 0. The molecule has 2 nitrogen and oxygen atoms in total. The van der Waals surface area contributed by atoms with Crippen LogP contribution in [0, 0.1) is 0 Å². The van der Waals surface area contributed by atoms with Crippen molar-refractivity contribution in [3.05, 3.63) is 33.7 Å². The van der Waals surface area contributed by atoms with E-state index < -0.39 is 0 Å². The van der Waals surface area contributed by atoms with Gasteiger partial charge in [0.1, 0.15) is 10.8 Å². The van der Waals surface area contributed by atoms with Gasteiger partial charge in [0.2, 0.25) is 0 Å². The van der Waals surface area contributed by atoms with Gasteiger partial charge >= 0.3 is 0 Å². The lowest BCUT2D eigenvalue weighted by Crippen LogP contribution is -1.88. The molecule has 0 aliphatic heterocycles. The number of nitrogens with zero attached hydrogens (tertiary/aromatic N) is 1. The van der Waals surface area contributed by atoms with Gasteiger partial charge in [0, 0.05) is 5.56 Å². The Hall–Kier alpha value is -0.870. The second kappa shape index (κ2) is 5.19. The first-order valence-corrected chi connectivity index (χ1v) is 7.03. The maximum Gasteiger partial charge on any atom is 0.124 e. The van der Waals surface area contributed by atoms with E-state index in [0.717, 1.165) is 25.8 Å². The fourth-order valence-electron chi connectivity index (χ4n) is 1.53. The molecule has 0 amide bonds. The molecule has 17 heavy (non-hydrogen) atoms. The van der Waals surface area contributed by atoms with Gasteiger partial charge in [0.15, 0.2) is 0 Å². The molecule has 0 aliphatic rings. The Morgan fingerprint density at radius 2 is 1.88 bits per heavy atom. The van der Waals surface area contributed by atoms with E-state index in [9.17, 15) is 0 Å². The minimum atomic E-state index is 0.438. The van der Waals surface area contributed by atoms with Gasteiger partial charge in [-0.2, -0.15) is 0 Å². The summed E-state index contributed by atoms with van der Waals surface area (Å²) in [6.45, 7) is 4.30. The van der Waals surface area contributed by atoms with Crippen LogP contribution in [0.25, 0.3) is 10.6 Å². The smallest absolute Gasteiger partial charge is 0.124 e. The highest BCUT2D eigenvalue weighted by molar-refractivity contribution is 9.11. The quantitative estimate of drug-likeness (QED) is 0.819. The zero-order valence-electron chi connectivity index (χ0n) is 10.0. The normalized spacial score (nSPS) is 10.9. The van der Waals surface area contributed by atoms with Crippen LogP contribution in [0.4, 0.5) is 0 Å². The third kappa shape index (κ3) is 2.69. The highest BCUT2D eigenvalue weighted by atomic mass is 79.9. The Bertz CT molecular complexity index is 505. The maximum atomic E-state index is 5.15. The third-order valence-electron chi connectivity index (χ3n) is 2.49. The topological polar surface area (TPSA) is 22.1 Å². The number of halogens is 1. The second-order valence-corrected chi connectivity index (χ2v) is 6.38. The molecule has 0 saturated heterocycles. The molecular weight excluding hydrogens is 298 g/mol. The fourth-order valence-corrected chi connectivity index (χ4v) is 3.49. The highest BCUT2D eigenvalue weighted by Crippen LogP contribution is 2.35. The maximum absolute atomic E-state index is 5.15. The zero-order chi connectivity index (χ0) is 12.4. The minimum absolute atomic E-state index is 0.438. The minimum Gasteiger partial charge on any atom is -0.497 e. The summed E-state index contributed by atoms with van der Waals surface area (Å²) in [5.74, 6) is 1.31. The predicted octanol–water partition coefficient (Wildman–Crippen LogP) is 4.70. The Kier molecular flexibility index (Phi) is 3.84. The Labute approximate surface area is 114 Å². The molecule has 2 aromatic rings. The van der Waals surface area contributed by atoms with Gasteiger partial charge in [-0.3, -0.25) is 0 Å². The van der Waals surface area contributed by atoms with Crippen LogP contribution in [0.1, 0.15) is 25.5 Å². The Morgan fingerprint density at radius 1 is 1.24 bits per heavy atom. The average Bonchev–Trinajstić information content (AvgIpc) is 2.71. The first-order valence-electron chi connectivity index (χ1n) is 5.42. The van der Waals surface area contributed by atoms with Crippen LogP contribution in [0.3, 0.4) is 0 Å². The number of methoxy groups -OCH3 is 1. The van der Waals surface area contributed by atoms with E-state index in [2.05, 4.69) is 34.8 Å². The van der Waals surface area contributed by atoms with Crippen LogP contribution in [0.2, 0.25) is 0 Å². The molecule has 0 saturated carbocycles. The highest BCUT2D eigenvalue weighted by Gasteiger charge is 2.13. The van der Waals surface area contributed by atoms with E-state index in [-0.39, 0.29) is 0 Å². The molecule has 0 aliphatic carbocycles. The summed E-state index contributed by atoms with van der Waals surface area (Å²) in [5.41, 5.74) is 2.25. The lowest BCUT2D eigenvalue weighted by Gasteiger charge is -2.01. The van der Waals surface area contributed by atoms with Crippen molar-refractivity contribution in [1.29, 1.82) is 0 Å². The molecule has 0 N–H and O–H groups in total. The summed E-state index contributed by atoms with van der Waals surface area (Å²) in [5, 5.41) is 1.04. The van der Waals surface area contributed by atoms with E-state index in [1.54, 1.807) is 18.4 Å². The van der Waals surface area contributed by atoms with Gasteiger partial charge in [-0.15, -0.1) is 11.3 Å². The lowest BCUT2D eigenvalue weighted by atomic mass is 10.1. The molecule has 1 aromatic heterocycles. The van der Waals surface area contributed by atoms with Crippen LogP contribution in [-0.4, -0.2) is 12.1 Å². The summed E-state index contributed by atoms with van der Waals surface area (Å²) in [6, 6.07) is 7.99. The van der Waals surface area contributed by atoms with Crippen molar-refractivity contribution in [2.75, 3.05) is 7.11 Å². The van der Waals surface area contributed by atoms with Gasteiger partial charge in [-0.25, -0.2) is 4.98 Å². The van der Waals surface area contributed by atoms with Crippen LogP contribution in [0.15, 0.2) is 28.1 Å². The van der Waals surface area contributed by atoms with Crippen LogP contribution in [-0.2, 0) is 0 Å². The molecule has 0 unspecified atom stereocenters. The summed E-state index contributed by atoms with van der Waals surface area (Å²) in [6.07, 6.45) is 0. The fraction of sp³-hybridized carbons (Fsp3) is 0.308. The number of aromatic nitrogens is 1. The van der Waals surface area contributed by atoms with Gasteiger partial charge in [-0.1, -0.05) is 13.8 Å². The number of benzene rings is 1. The molecule has 0 bridgehead atoms. The van der Waals surface area contributed by atoms with Gasteiger partial charge in [0.05, 0.1) is 16.6 Å². The molecular formula is C13H14BrNOS. The number of thiazole rings is 1. The van der Waals surface area contributed by atoms with Crippen molar-refractivity contribution in [2.45, 2.75) is 19.8 Å². The van der Waals surface area contributed by atoms with Crippen LogP contribution in [0.5, 0.6) is 5.75 Å². The second-order valence-electron chi connectivity index (χ2n) is 4.06. The summed E-state index contributed by atoms with van der Waals surface area (Å²) >= 11 is 5.25. The van der Waals surface area contributed by atoms with Crippen molar-refractivity contribution >= 4 is 27.3 Å². The van der Waals surface area contributed by atoms with E-state index in [1.807, 2.05) is 24.3 Å². The summed E-state index contributed by atoms with van der Waals surface area (Å²) < 4.78 is 6.27. The van der Waals surface area contributed by atoms with Crippen LogP contribution >= 0.6 is 27.3 Å². The standard InChI is InChI=1S/C13H14BrNOS/c1-8(2)11-12(14)17-13(15-11)9-4-6-10(16-3)7-5-9/h4-8H,1-3H3. The van der Waals surface area contributed by atoms with Crippen LogP contribution < -0.4 is 4.74 Å². The first kappa shape index (κ1) is 12.6. The van der Waals surface area contributed by atoms with Crippen molar-refractivity contribution in [3.8, 4) is 16.3 Å². The molecule has 0 spiro atoms. The van der Waals surface area contributed by atoms with Crippen molar-refractivity contribution in [1.82, 2.24) is 4.98 Å². The van der Waals surface area contributed by atoms with Crippen molar-refractivity contribution in [2.24, 2.45) is 0 Å². The largest absolute Gasteiger partial charge is 0.497 e. The Morgan fingerprint density at radius 3 is 2.35 bits per heavy atom. The number of ether oxygens (including phenoxy) is 1. The molecule has 0 atom stereocenters. The molecule has 0 radical (unpaired) electrons. The molecule has 1 aromatic carbocycles. The van der Waals surface area contributed by atoms with E-state index in [1.165, 1.54) is 0 Å². The summed E-state index contributed by atoms with van der Waals surface area (Å²) in [4.78, 5) is 4.67. The molecule has 4 heteroatoms. The third-order valence-corrected chi connectivity index (χ3v) is 4.29. The SMILES string of the molecule is COc1ccc(-c2nc(C(C)C)c(Br)s2)cc1. The number of hydrogen-bond acceptors (Lipinski definition) is 3. The monoisotopic (exact) mass is 311 g/mol. The van der Waals surface area contributed by atoms with Crippen molar-refractivity contribution in [3.63, 3.8) is 0 Å². The number of rotatable bonds is 3. The van der Waals surface area contributed by atoms with Gasteiger partial charge in [0.25, 0.3) is 0 Å². The zero-order valence-corrected chi connectivity index (χ0v) is 12.4. The van der Waals surface area contributed by atoms with E-state index in [4.69, 9.17) is 4.74 Å². The molecule has 0 fully saturated rings. The first-order chi connectivity index (χ1) is 8.11. The van der Waals surface area contributed by atoms with Gasteiger partial charge < -0.3 is 4.74 Å². The van der Waals surface area contributed by atoms with Crippen molar-refractivity contribution < 1.29 is 4.74 Å². The molecule has 90 valence electrons. The lowest BCUT2D eigenvalue weighted by molar-refractivity contribution is 0.415.